The lowest BCUT2D eigenvalue weighted by Crippen LogP contribution is -2.27. The van der Waals surface area contributed by atoms with E-state index in [0.29, 0.717) is 28.4 Å². The zero-order chi connectivity index (χ0) is 20.9. The van der Waals surface area contributed by atoms with Crippen molar-refractivity contribution in [2.75, 3.05) is 5.75 Å². The first-order chi connectivity index (χ1) is 14.6. The summed E-state index contributed by atoms with van der Waals surface area (Å²) in [5.74, 6) is 0.696. The molecule has 30 heavy (non-hydrogen) atoms. The van der Waals surface area contributed by atoms with Crippen LogP contribution in [0.4, 0.5) is 0 Å². The maximum atomic E-state index is 13.0. The highest BCUT2D eigenvalue weighted by Crippen LogP contribution is 2.19. The van der Waals surface area contributed by atoms with Gasteiger partial charge in [0.05, 0.1) is 29.5 Å². The first kappa shape index (κ1) is 20.0. The number of aryl methyl sites for hydroxylation is 1. The van der Waals surface area contributed by atoms with Crippen LogP contribution < -0.4 is 10.9 Å². The molecule has 0 bridgehead atoms. The average Bonchev–Trinajstić information content (AvgIpc) is 3.27. The number of amides is 1. The van der Waals surface area contributed by atoms with Crippen LogP contribution in [0.2, 0.25) is 0 Å². The van der Waals surface area contributed by atoms with E-state index < -0.39 is 0 Å². The Hall–Kier alpha value is -3.32. The van der Waals surface area contributed by atoms with Crippen molar-refractivity contribution in [1.29, 1.82) is 0 Å². The minimum atomic E-state index is -0.153. The number of hydrogen-bond donors (Lipinski definition) is 1. The number of rotatable bonds is 7. The Labute approximate surface area is 177 Å². The van der Waals surface area contributed by atoms with Gasteiger partial charge < -0.3 is 9.73 Å². The molecule has 2 heterocycles. The summed E-state index contributed by atoms with van der Waals surface area (Å²) in [6, 6.07) is 18.8. The number of para-hydroxylation sites is 1. The predicted molar refractivity (Wildman–Crippen MR) is 118 cm³/mol. The third-order valence-electron chi connectivity index (χ3n) is 4.66. The van der Waals surface area contributed by atoms with Crippen molar-refractivity contribution in [3.05, 3.63) is 94.2 Å². The lowest BCUT2D eigenvalue weighted by molar-refractivity contribution is -0.118. The van der Waals surface area contributed by atoms with E-state index in [0.717, 1.165) is 5.56 Å². The van der Waals surface area contributed by atoms with Gasteiger partial charge in [0.1, 0.15) is 5.76 Å². The largest absolute Gasteiger partial charge is 0.467 e. The van der Waals surface area contributed by atoms with Crippen molar-refractivity contribution >= 4 is 28.6 Å². The molecule has 2 aromatic carbocycles. The number of benzene rings is 2. The number of thioether (sulfide) groups is 1. The van der Waals surface area contributed by atoms with E-state index in [1.54, 1.807) is 29.0 Å². The van der Waals surface area contributed by atoms with Gasteiger partial charge in [0, 0.05) is 6.54 Å². The van der Waals surface area contributed by atoms with E-state index in [1.807, 2.05) is 49.4 Å². The van der Waals surface area contributed by atoms with Crippen LogP contribution >= 0.6 is 11.8 Å². The van der Waals surface area contributed by atoms with Crippen molar-refractivity contribution in [1.82, 2.24) is 14.9 Å². The molecule has 0 aliphatic rings. The van der Waals surface area contributed by atoms with Crippen molar-refractivity contribution in [2.24, 2.45) is 0 Å². The molecule has 1 N–H and O–H groups in total. The Kier molecular flexibility index (Phi) is 5.99. The number of hydrogen-bond acceptors (Lipinski definition) is 5. The fourth-order valence-electron chi connectivity index (χ4n) is 3.04. The number of fused-ring (bicyclic) bond motifs is 1. The summed E-state index contributed by atoms with van der Waals surface area (Å²) >= 11 is 1.24. The highest BCUT2D eigenvalue weighted by atomic mass is 32.2. The molecule has 0 aliphatic carbocycles. The number of nitrogens with one attached hydrogen (secondary N) is 1. The van der Waals surface area contributed by atoms with Gasteiger partial charge in [-0.05, 0) is 36.8 Å². The number of nitrogens with zero attached hydrogens (tertiary/aromatic N) is 2. The smallest absolute Gasteiger partial charge is 0.262 e. The molecule has 1 amide bonds. The molecule has 0 unspecified atom stereocenters. The summed E-state index contributed by atoms with van der Waals surface area (Å²) in [5.41, 5.74) is 2.68. The molecule has 7 heteroatoms. The van der Waals surface area contributed by atoms with Crippen LogP contribution in [0.25, 0.3) is 10.9 Å². The molecule has 2 aromatic heterocycles. The molecule has 0 radical (unpaired) electrons. The Morgan fingerprint density at radius 1 is 1.10 bits per heavy atom. The zero-order valence-corrected chi connectivity index (χ0v) is 17.3. The highest BCUT2D eigenvalue weighted by Gasteiger charge is 2.14. The summed E-state index contributed by atoms with van der Waals surface area (Å²) in [6.45, 7) is 2.75. The van der Waals surface area contributed by atoms with Crippen LogP contribution in [0.3, 0.4) is 0 Å². The summed E-state index contributed by atoms with van der Waals surface area (Å²) in [5, 5.41) is 3.94. The van der Waals surface area contributed by atoms with Crippen LogP contribution in [-0.4, -0.2) is 21.2 Å². The second-order valence-electron chi connectivity index (χ2n) is 6.93. The fraction of sp³-hybridized carbons (Fsp3) is 0.174. The Bertz CT molecular complexity index is 1210. The molecule has 152 valence electrons. The molecule has 4 rings (SSSR count). The minimum absolute atomic E-state index is 0.118. The summed E-state index contributed by atoms with van der Waals surface area (Å²) in [6.07, 6.45) is 1.57. The second kappa shape index (κ2) is 9.00. The van der Waals surface area contributed by atoms with Crippen molar-refractivity contribution in [3.8, 4) is 0 Å². The predicted octanol–water partition coefficient (Wildman–Crippen LogP) is 3.75. The van der Waals surface area contributed by atoms with Crippen molar-refractivity contribution in [2.45, 2.75) is 25.2 Å². The van der Waals surface area contributed by atoms with Gasteiger partial charge in [-0.3, -0.25) is 14.2 Å². The fourth-order valence-corrected chi connectivity index (χ4v) is 3.87. The molecule has 4 aromatic rings. The lowest BCUT2D eigenvalue weighted by atomic mass is 10.1. The van der Waals surface area contributed by atoms with Gasteiger partial charge in [0.25, 0.3) is 5.56 Å². The lowest BCUT2D eigenvalue weighted by Gasteiger charge is -2.12. The van der Waals surface area contributed by atoms with Gasteiger partial charge >= 0.3 is 0 Å². The van der Waals surface area contributed by atoms with Crippen LogP contribution in [0.5, 0.6) is 0 Å². The monoisotopic (exact) mass is 419 g/mol. The third-order valence-corrected chi connectivity index (χ3v) is 5.64. The SMILES string of the molecule is Cc1ccc(CNC(=O)CSc2nc3ccccc3c(=O)n2Cc2ccco2)cc1. The number of aromatic nitrogens is 2. The van der Waals surface area contributed by atoms with E-state index in [1.165, 1.54) is 17.3 Å². The van der Waals surface area contributed by atoms with E-state index in [-0.39, 0.29) is 23.8 Å². The first-order valence-corrected chi connectivity index (χ1v) is 10.6. The zero-order valence-electron chi connectivity index (χ0n) is 16.5. The minimum Gasteiger partial charge on any atom is -0.467 e. The number of furan rings is 1. The standard InChI is InChI=1S/C23H21N3O3S/c1-16-8-10-17(11-9-16)13-24-21(27)15-30-23-25-20-7-3-2-6-19(20)22(28)26(23)14-18-5-4-12-29-18/h2-12H,13-15H2,1H3,(H,24,27). The first-order valence-electron chi connectivity index (χ1n) is 9.57. The van der Waals surface area contributed by atoms with E-state index in [9.17, 15) is 9.59 Å². The molecule has 0 aliphatic heterocycles. The quantitative estimate of drug-likeness (QED) is 0.365. The van der Waals surface area contributed by atoms with Crippen LogP contribution in [0.15, 0.2) is 81.3 Å². The maximum Gasteiger partial charge on any atom is 0.262 e. The van der Waals surface area contributed by atoms with E-state index in [4.69, 9.17) is 4.42 Å². The van der Waals surface area contributed by atoms with Crippen molar-refractivity contribution < 1.29 is 9.21 Å². The summed E-state index contributed by atoms with van der Waals surface area (Å²) in [7, 11) is 0. The topological polar surface area (TPSA) is 77.1 Å². The average molecular weight is 420 g/mol. The Morgan fingerprint density at radius 2 is 1.90 bits per heavy atom. The van der Waals surface area contributed by atoms with Crippen LogP contribution in [0, 0.1) is 6.92 Å². The molecule has 0 saturated heterocycles. The Balaban J connectivity index is 1.51. The summed E-state index contributed by atoms with van der Waals surface area (Å²) in [4.78, 5) is 30.0. The van der Waals surface area contributed by atoms with Gasteiger partial charge in [-0.15, -0.1) is 0 Å². The Morgan fingerprint density at radius 3 is 2.67 bits per heavy atom. The van der Waals surface area contributed by atoms with Gasteiger partial charge in [-0.2, -0.15) is 0 Å². The van der Waals surface area contributed by atoms with Crippen molar-refractivity contribution in [3.63, 3.8) is 0 Å². The molecular formula is C23H21N3O3S. The summed E-state index contributed by atoms with van der Waals surface area (Å²) < 4.78 is 6.96. The maximum absolute atomic E-state index is 13.0. The number of carbonyl (C=O) groups is 1. The molecule has 0 spiro atoms. The second-order valence-corrected chi connectivity index (χ2v) is 7.88. The molecule has 0 saturated carbocycles. The van der Waals surface area contributed by atoms with Gasteiger partial charge in [-0.25, -0.2) is 4.98 Å². The van der Waals surface area contributed by atoms with Gasteiger partial charge in [0.2, 0.25) is 5.91 Å². The van der Waals surface area contributed by atoms with E-state index in [2.05, 4.69) is 10.3 Å². The molecule has 0 fully saturated rings. The molecular weight excluding hydrogens is 398 g/mol. The molecule has 6 nitrogen and oxygen atoms in total. The van der Waals surface area contributed by atoms with Gasteiger partial charge in [-0.1, -0.05) is 53.7 Å². The normalized spacial score (nSPS) is 11.0. The third kappa shape index (κ3) is 4.63. The molecule has 0 atom stereocenters. The van der Waals surface area contributed by atoms with Crippen LogP contribution in [0.1, 0.15) is 16.9 Å². The number of carbonyl (C=O) groups excluding carboxylic acids is 1. The van der Waals surface area contributed by atoms with E-state index >= 15 is 0 Å². The van der Waals surface area contributed by atoms with Gasteiger partial charge in [0.15, 0.2) is 5.16 Å². The van der Waals surface area contributed by atoms with Crippen LogP contribution in [-0.2, 0) is 17.9 Å². The highest BCUT2D eigenvalue weighted by molar-refractivity contribution is 7.99.